The van der Waals surface area contributed by atoms with E-state index in [0.29, 0.717) is 41.0 Å². The molecule has 2 amide bonds. The average molecular weight is 544 g/mol. The number of aliphatic imine (C=N–C) groups is 1. The van der Waals surface area contributed by atoms with Crippen molar-refractivity contribution in [2.24, 2.45) is 4.99 Å². The SMILES string of the molecule is CCNC(=O)c1ccc(NCC)c(N=C2S/C(=C3\Sc4ccccc4N3C)C(=O)N2Cc2ccccc2)c1. The van der Waals surface area contributed by atoms with E-state index in [4.69, 9.17) is 4.99 Å². The molecule has 194 valence electrons. The number of amides is 2. The van der Waals surface area contributed by atoms with Crippen molar-refractivity contribution in [3.05, 3.63) is 93.9 Å². The van der Waals surface area contributed by atoms with Crippen molar-refractivity contribution in [2.75, 3.05) is 30.4 Å². The molecule has 2 aliphatic rings. The molecule has 0 atom stereocenters. The molecule has 0 aromatic heterocycles. The van der Waals surface area contributed by atoms with Crippen LogP contribution in [0.3, 0.4) is 0 Å². The number of amidine groups is 1. The first kappa shape index (κ1) is 25.9. The second-order valence-electron chi connectivity index (χ2n) is 8.76. The second kappa shape index (κ2) is 11.4. The van der Waals surface area contributed by atoms with Crippen molar-refractivity contribution in [2.45, 2.75) is 25.3 Å². The van der Waals surface area contributed by atoms with Gasteiger partial charge in [-0.05, 0) is 61.5 Å². The Labute approximate surface area is 231 Å². The van der Waals surface area contributed by atoms with Gasteiger partial charge in [0, 0.05) is 30.6 Å². The van der Waals surface area contributed by atoms with Gasteiger partial charge in [0.2, 0.25) is 0 Å². The number of rotatable bonds is 7. The summed E-state index contributed by atoms with van der Waals surface area (Å²) < 4.78 is 0. The van der Waals surface area contributed by atoms with E-state index in [-0.39, 0.29) is 11.8 Å². The Kier molecular flexibility index (Phi) is 7.76. The number of anilines is 2. The van der Waals surface area contributed by atoms with E-state index < -0.39 is 0 Å². The zero-order valence-electron chi connectivity index (χ0n) is 21.5. The summed E-state index contributed by atoms with van der Waals surface area (Å²) >= 11 is 2.98. The van der Waals surface area contributed by atoms with Crippen molar-refractivity contribution in [3.63, 3.8) is 0 Å². The van der Waals surface area contributed by atoms with E-state index >= 15 is 0 Å². The van der Waals surface area contributed by atoms with E-state index in [1.54, 1.807) is 28.8 Å². The Balaban J connectivity index is 1.59. The molecule has 38 heavy (non-hydrogen) atoms. The van der Waals surface area contributed by atoms with E-state index in [1.165, 1.54) is 11.8 Å². The minimum absolute atomic E-state index is 0.0790. The number of carbonyl (C=O) groups excluding carboxylic acids is 2. The van der Waals surface area contributed by atoms with Gasteiger partial charge in [0.05, 0.1) is 28.6 Å². The fraction of sp³-hybridized carbons (Fsp3) is 0.207. The maximum atomic E-state index is 13.9. The third-order valence-corrected chi connectivity index (χ3v) is 8.59. The first-order chi connectivity index (χ1) is 18.5. The summed E-state index contributed by atoms with van der Waals surface area (Å²) in [4.78, 5) is 37.0. The van der Waals surface area contributed by atoms with E-state index in [9.17, 15) is 9.59 Å². The molecule has 0 unspecified atom stereocenters. The van der Waals surface area contributed by atoms with E-state index in [2.05, 4.69) is 27.7 Å². The zero-order valence-corrected chi connectivity index (χ0v) is 23.2. The Morgan fingerprint density at radius 3 is 2.45 bits per heavy atom. The molecule has 0 saturated carbocycles. The lowest BCUT2D eigenvalue weighted by Gasteiger charge is -2.17. The number of nitrogens with one attached hydrogen (secondary N) is 2. The molecule has 1 saturated heterocycles. The van der Waals surface area contributed by atoms with Gasteiger partial charge in [0.25, 0.3) is 11.8 Å². The van der Waals surface area contributed by atoms with Crippen LogP contribution in [0, 0.1) is 0 Å². The minimum Gasteiger partial charge on any atom is -0.384 e. The molecule has 0 spiro atoms. The summed E-state index contributed by atoms with van der Waals surface area (Å²) in [5, 5.41) is 7.66. The molecular weight excluding hydrogens is 514 g/mol. The quantitative estimate of drug-likeness (QED) is 0.354. The van der Waals surface area contributed by atoms with Crippen molar-refractivity contribution in [1.82, 2.24) is 10.2 Å². The van der Waals surface area contributed by atoms with Gasteiger partial charge in [-0.2, -0.15) is 0 Å². The monoisotopic (exact) mass is 543 g/mol. The predicted octanol–water partition coefficient (Wildman–Crippen LogP) is 6.04. The van der Waals surface area contributed by atoms with E-state index in [0.717, 1.165) is 26.9 Å². The third-order valence-electron chi connectivity index (χ3n) is 6.16. The summed E-state index contributed by atoms with van der Waals surface area (Å²) in [6, 6.07) is 23.5. The Bertz CT molecular complexity index is 1440. The number of hydrogen-bond donors (Lipinski definition) is 2. The maximum absolute atomic E-state index is 13.9. The van der Waals surface area contributed by atoms with Crippen LogP contribution < -0.4 is 15.5 Å². The number of nitrogens with zero attached hydrogens (tertiary/aromatic N) is 3. The average Bonchev–Trinajstić information content (AvgIpc) is 3.42. The van der Waals surface area contributed by atoms with Gasteiger partial charge in [-0.15, -0.1) is 0 Å². The lowest BCUT2D eigenvalue weighted by molar-refractivity contribution is -0.122. The summed E-state index contributed by atoms with van der Waals surface area (Å²) in [5.41, 5.74) is 4.04. The highest BCUT2D eigenvalue weighted by Gasteiger charge is 2.39. The highest BCUT2D eigenvalue weighted by Crippen LogP contribution is 2.50. The first-order valence-electron chi connectivity index (χ1n) is 12.5. The molecular formula is C29H29N5O2S2. The number of hydrogen-bond acceptors (Lipinski definition) is 7. The standard InChI is InChI=1S/C29H29N5O2S2/c1-4-30-21-16-15-20(26(35)31-5-2)17-22(21)32-29-34(18-19-11-7-6-8-12-19)27(36)25(38-29)28-33(3)23-13-9-10-14-24(23)37-28/h6-17,30H,4-5,18H2,1-3H3,(H,31,35)/b28-25-,32-29?. The number of carbonyl (C=O) groups is 2. The highest BCUT2D eigenvalue weighted by molar-refractivity contribution is 8.19. The topological polar surface area (TPSA) is 77.0 Å². The summed E-state index contributed by atoms with van der Waals surface area (Å²) in [6.45, 7) is 5.54. The lowest BCUT2D eigenvalue weighted by Crippen LogP contribution is -2.29. The highest BCUT2D eigenvalue weighted by atomic mass is 32.2. The first-order valence-corrected chi connectivity index (χ1v) is 14.2. The maximum Gasteiger partial charge on any atom is 0.269 e. The summed E-state index contributed by atoms with van der Waals surface area (Å²) in [7, 11) is 1.99. The Hall–Kier alpha value is -3.69. The molecule has 0 aliphatic carbocycles. The van der Waals surface area contributed by atoms with Crippen LogP contribution >= 0.6 is 23.5 Å². The van der Waals surface area contributed by atoms with Crippen LogP contribution in [0.5, 0.6) is 0 Å². The third kappa shape index (κ3) is 5.16. The number of benzene rings is 3. The van der Waals surface area contributed by atoms with Crippen molar-refractivity contribution in [1.29, 1.82) is 0 Å². The van der Waals surface area contributed by atoms with Crippen molar-refractivity contribution in [3.8, 4) is 0 Å². The van der Waals surface area contributed by atoms with Crippen LogP contribution in [0.15, 0.2) is 92.6 Å². The van der Waals surface area contributed by atoms with Gasteiger partial charge < -0.3 is 15.5 Å². The van der Waals surface area contributed by atoms with Gasteiger partial charge in [-0.3, -0.25) is 14.5 Å². The second-order valence-corrected chi connectivity index (χ2v) is 10.8. The predicted molar refractivity (Wildman–Crippen MR) is 158 cm³/mol. The molecule has 3 aromatic carbocycles. The molecule has 5 rings (SSSR count). The molecule has 3 aromatic rings. The number of fused-ring (bicyclic) bond motifs is 1. The number of para-hydroxylation sites is 1. The zero-order chi connectivity index (χ0) is 26.6. The molecule has 9 heteroatoms. The molecule has 0 radical (unpaired) electrons. The summed E-state index contributed by atoms with van der Waals surface area (Å²) in [5.74, 6) is -0.234. The van der Waals surface area contributed by atoms with E-state index in [1.807, 2.05) is 69.4 Å². The van der Waals surface area contributed by atoms with Gasteiger partial charge >= 0.3 is 0 Å². The van der Waals surface area contributed by atoms with Crippen LogP contribution in [0.25, 0.3) is 0 Å². The van der Waals surface area contributed by atoms with Crippen molar-refractivity contribution >= 4 is 57.6 Å². The van der Waals surface area contributed by atoms with Crippen LogP contribution in [0.4, 0.5) is 17.1 Å². The number of thioether (sulfide) groups is 2. The fourth-order valence-electron chi connectivity index (χ4n) is 4.30. The molecule has 1 fully saturated rings. The lowest BCUT2D eigenvalue weighted by atomic mass is 10.1. The normalized spacial score (nSPS) is 17.8. The smallest absolute Gasteiger partial charge is 0.269 e. The van der Waals surface area contributed by atoms with Crippen LogP contribution in [-0.2, 0) is 11.3 Å². The van der Waals surface area contributed by atoms with Crippen LogP contribution in [0.2, 0.25) is 0 Å². The Morgan fingerprint density at radius 2 is 1.71 bits per heavy atom. The minimum atomic E-state index is -0.155. The van der Waals surface area contributed by atoms with Gasteiger partial charge in [0.1, 0.15) is 4.91 Å². The van der Waals surface area contributed by atoms with Gasteiger partial charge in [0.15, 0.2) is 5.17 Å². The molecule has 0 bridgehead atoms. The van der Waals surface area contributed by atoms with Crippen molar-refractivity contribution < 1.29 is 9.59 Å². The summed E-state index contributed by atoms with van der Waals surface area (Å²) in [6.07, 6.45) is 0. The van der Waals surface area contributed by atoms with Gasteiger partial charge in [-0.1, -0.05) is 54.2 Å². The van der Waals surface area contributed by atoms with Crippen LogP contribution in [0.1, 0.15) is 29.8 Å². The fourth-order valence-corrected chi connectivity index (χ4v) is 6.63. The van der Waals surface area contributed by atoms with Crippen LogP contribution in [-0.4, -0.2) is 42.0 Å². The molecule has 2 aliphatic heterocycles. The molecule has 7 nitrogen and oxygen atoms in total. The van der Waals surface area contributed by atoms with Gasteiger partial charge in [-0.25, -0.2) is 4.99 Å². The largest absolute Gasteiger partial charge is 0.384 e. The molecule has 2 N–H and O–H groups in total. The molecule has 2 heterocycles. The Morgan fingerprint density at radius 1 is 0.947 bits per heavy atom.